The second-order valence-electron chi connectivity index (χ2n) is 4.71. The third kappa shape index (κ3) is 3.37. The number of amides is 1. The lowest BCUT2D eigenvalue weighted by atomic mass is 10.2. The predicted molar refractivity (Wildman–Crippen MR) is 91.9 cm³/mol. The van der Waals surface area contributed by atoms with E-state index in [2.05, 4.69) is 10.3 Å². The maximum Gasteiger partial charge on any atom is 0.264 e. The van der Waals surface area contributed by atoms with Gasteiger partial charge in [0.1, 0.15) is 17.2 Å². The van der Waals surface area contributed by atoms with Crippen molar-refractivity contribution in [2.24, 2.45) is 4.99 Å². The van der Waals surface area contributed by atoms with Crippen LogP contribution in [0.25, 0.3) is 6.08 Å². The summed E-state index contributed by atoms with van der Waals surface area (Å²) in [5.41, 5.74) is 1.23. The van der Waals surface area contributed by atoms with Crippen molar-refractivity contribution in [3.63, 3.8) is 0 Å². The summed E-state index contributed by atoms with van der Waals surface area (Å²) in [6, 6.07) is 14.2. The third-order valence-electron chi connectivity index (χ3n) is 3.18. The molecule has 0 unspecified atom stereocenters. The molecule has 2 N–H and O–H groups in total. The number of carbonyl (C=O) groups excluding carboxylic acids is 1. The Balaban J connectivity index is 1.88. The van der Waals surface area contributed by atoms with E-state index in [0.29, 0.717) is 27.1 Å². The highest BCUT2D eigenvalue weighted by Crippen LogP contribution is 2.32. The number of methoxy groups -OCH3 is 1. The third-order valence-corrected chi connectivity index (χ3v) is 4.09. The van der Waals surface area contributed by atoms with Gasteiger partial charge in [0.15, 0.2) is 5.17 Å². The van der Waals surface area contributed by atoms with Crippen molar-refractivity contribution in [2.75, 3.05) is 7.11 Å². The minimum Gasteiger partial charge on any atom is -0.507 e. The summed E-state index contributed by atoms with van der Waals surface area (Å²) in [7, 11) is 1.57. The molecule has 1 saturated heterocycles. The van der Waals surface area contributed by atoms with Crippen molar-refractivity contribution in [3.05, 3.63) is 59.0 Å². The van der Waals surface area contributed by atoms with Gasteiger partial charge in [0.25, 0.3) is 5.91 Å². The van der Waals surface area contributed by atoms with Crippen LogP contribution in [0.3, 0.4) is 0 Å². The number of rotatable bonds is 3. The standard InChI is InChI=1S/C17H14N2O3S/c1-22-14-9-5-3-7-12(14)18-17-19-16(21)15(23-17)10-11-6-2-4-8-13(11)20/h2-10,20H,1H3,(H,18,19,21)/b15-10-. The molecule has 6 heteroatoms. The second kappa shape index (κ2) is 6.58. The molecule has 1 amide bonds. The minimum absolute atomic E-state index is 0.128. The maximum atomic E-state index is 12.1. The molecule has 1 heterocycles. The van der Waals surface area contributed by atoms with Crippen LogP contribution in [0.5, 0.6) is 11.5 Å². The van der Waals surface area contributed by atoms with E-state index in [4.69, 9.17) is 4.74 Å². The van der Waals surface area contributed by atoms with Crippen LogP contribution >= 0.6 is 11.8 Å². The van der Waals surface area contributed by atoms with E-state index < -0.39 is 0 Å². The summed E-state index contributed by atoms with van der Waals surface area (Å²) in [5.74, 6) is 0.517. The zero-order valence-electron chi connectivity index (χ0n) is 12.3. The summed E-state index contributed by atoms with van der Waals surface area (Å²) >= 11 is 1.22. The molecule has 0 atom stereocenters. The van der Waals surface area contributed by atoms with Gasteiger partial charge in [-0.2, -0.15) is 0 Å². The van der Waals surface area contributed by atoms with Crippen LogP contribution in [-0.4, -0.2) is 23.3 Å². The molecule has 0 aliphatic carbocycles. The van der Waals surface area contributed by atoms with E-state index in [1.807, 2.05) is 18.2 Å². The van der Waals surface area contributed by atoms with Gasteiger partial charge >= 0.3 is 0 Å². The van der Waals surface area contributed by atoms with E-state index in [1.165, 1.54) is 11.8 Å². The van der Waals surface area contributed by atoms with Crippen LogP contribution in [0.4, 0.5) is 5.69 Å². The van der Waals surface area contributed by atoms with Gasteiger partial charge in [0.2, 0.25) is 0 Å². The molecule has 0 spiro atoms. The highest BCUT2D eigenvalue weighted by atomic mass is 32.2. The Morgan fingerprint density at radius 1 is 1.17 bits per heavy atom. The SMILES string of the molecule is COc1ccccc1N=C1NC(=O)/C(=C/c2ccccc2O)S1. The Morgan fingerprint density at radius 3 is 2.70 bits per heavy atom. The first-order valence-corrected chi connectivity index (χ1v) is 7.69. The Morgan fingerprint density at radius 2 is 1.91 bits per heavy atom. The number of nitrogens with zero attached hydrogens (tertiary/aromatic N) is 1. The van der Waals surface area contributed by atoms with Crippen LogP contribution in [0, 0.1) is 0 Å². The van der Waals surface area contributed by atoms with Crippen molar-refractivity contribution in [3.8, 4) is 11.5 Å². The fourth-order valence-electron chi connectivity index (χ4n) is 2.06. The van der Waals surface area contributed by atoms with Crippen molar-refractivity contribution >= 4 is 34.6 Å². The number of nitrogens with one attached hydrogen (secondary N) is 1. The van der Waals surface area contributed by atoms with Crippen molar-refractivity contribution in [1.82, 2.24) is 5.32 Å². The molecule has 1 fully saturated rings. The first-order valence-electron chi connectivity index (χ1n) is 6.88. The number of hydrogen-bond acceptors (Lipinski definition) is 5. The maximum absolute atomic E-state index is 12.1. The number of ether oxygens (including phenoxy) is 1. The van der Waals surface area contributed by atoms with Gasteiger partial charge in [-0.05, 0) is 36.0 Å². The quantitative estimate of drug-likeness (QED) is 0.849. The zero-order chi connectivity index (χ0) is 16.2. The monoisotopic (exact) mass is 326 g/mol. The van der Waals surface area contributed by atoms with Gasteiger partial charge in [-0.25, -0.2) is 4.99 Å². The van der Waals surface area contributed by atoms with Crippen LogP contribution in [0.1, 0.15) is 5.56 Å². The molecule has 3 rings (SSSR count). The average molecular weight is 326 g/mol. The molecule has 0 saturated carbocycles. The topological polar surface area (TPSA) is 70.9 Å². The Kier molecular flexibility index (Phi) is 4.34. The summed E-state index contributed by atoms with van der Waals surface area (Å²) in [5, 5.41) is 13.0. The van der Waals surface area contributed by atoms with E-state index in [9.17, 15) is 9.90 Å². The van der Waals surface area contributed by atoms with Crippen LogP contribution < -0.4 is 10.1 Å². The molecule has 1 aliphatic rings. The van der Waals surface area contributed by atoms with E-state index in [1.54, 1.807) is 43.5 Å². The molecular weight excluding hydrogens is 312 g/mol. The first-order chi connectivity index (χ1) is 11.2. The van der Waals surface area contributed by atoms with Crippen molar-refractivity contribution in [1.29, 1.82) is 0 Å². The summed E-state index contributed by atoms with van der Waals surface area (Å²) in [6.07, 6.45) is 1.64. The summed E-state index contributed by atoms with van der Waals surface area (Å²) in [4.78, 5) is 16.9. The number of hydrogen-bond donors (Lipinski definition) is 2. The molecule has 2 aromatic carbocycles. The number of aliphatic imine (C=N–C) groups is 1. The molecule has 0 aromatic heterocycles. The molecular formula is C17H14N2O3S. The molecule has 116 valence electrons. The summed E-state index contributed by atoms with van der Waals surface area (Å²) in [6.45, 7) is 0. The van der Waals surface area contributed by atoms with Gasteiger partial charge in [0, 0.05) is 5.56 Å². The number of thioether (sulfide) groups is 1. The van der Waals surface area contributed by atoms with Gasteiger partial charge in [-0.1, -0.05) is 30.3 Å². The molecule has 0 bridgehead atoms. The number of amidine groups is 1. The molecule has 0 radical (unpaired) electrons. The van der Waals surface area contributed by atoms with Crippen molar-refractivity contribution in [2.45, 2.75) is 0 Å². The van der Waals surface area contributed by atoms with E-state index >= 15 is 0 Å². The van der Waals surface area contributed by atoms with Crippen molar-refractivity contribution < 1.29 is 14.6 Å². The molecule has 1 aliphatic heterocycles. The van der Waals surface area contributed by atoms with E-state index in [-0.39, 0.29) is 11.7 Å². The predicted octanol–water partition coefficient (Wildman–Crippen LogP) is 3.29. The highest BCUT2D eigenvalue weighted by molar-refractivity contribution is 8.18. The zero-order valence-corrected chi connectivity index (χ0v) is 13.1. The lowest BCUT2D eigenvalue weighted by molar-refractivity contribution is -0.115. The number of phenolic OH excluding ortho intramolecular Hbond substituents is 1. The van der Waals surface area contributed by atoms with E-state index in [0.717, 1.165) is 0 Å². The second-order valence-corrected chi connectivity index (χ2v) is 5.74. The largest absolute Gasteiger partial charge is 0.507 e. The fourth-order valence-corrected chi connectivity index (χ4v) is 2.89. The van der Waals surface area contributed by atoms with Crippen LogP contribution in [0.2, 0.25) is 0 Å². The smallest absolute Gasteiger partial charge is 0.264 e. The number of carbonyl (C=O) groups is 1. The molecule has 23 heavy (non-hydrogen) atoms. The number of phenols is 1. The lowest BCUT2D eigenvalue weighted by Gasteiger charge is -2.03. The average Bonchev–Trinajstić information content (AvgIpc) is 2.89. The van der Waals surface area contributed by atoms with Gasteiger partial charge < -0.3 is 15.2 Å². The van der Waals surface area contributed by atoms with Gasteiger partial charge in [0.05, 0.1) is 12.0 Å². The molecule has 5 nitrogen and oxygen atoms in total. The normalized spacial score (nSPS) is 17.5. The van der Waals surface area contributed by atoms with Gasteiger partial charge in [-0.15, -0.1) is 0 Å². The van der Waals surface area contributed by atoms with Crippen LogP contribution in [0.15, 0.2) is 58.4 Å². The number of aromatic hydroxyl groups is 1. The fraction of sp³-hybridized carbons (Fsp3) is 0.0588. The number of para-hydroxylation sites is 3. The van der Waals surface area contributed by atoms with Crippen LogP contribution in [-0.2, 0) is 4.79 Å². The Bertz CT molecular complexity index is 815. The lowest BCUT2D eigenvalue weighted by Crippen LogP contribution is -2.19. The molecule has 2 aromatic rings. The first kappa shape index (κ1) is 15.2. The Labute approximate surface area is 137 Å². The number of benzene rings is 2. The highest BCUT2D eigenvalue weighted by Gasteiger charge is 2.24. The summed E-state index contributed by atoms with van der Waals surface area (Å²) < 4.78 is 5.24. The minimum atomic E-state index is -0.244. The Hall–Kier alpha value is -2.73. The van der Waals surface area contributed by atoms with Gasteiger partial charge in [-0.3, -0.25) is 4.79 Å².